The van der Waals surface area contributed by atoms with E-state index < -0.39 is 5.97 Å². The van der Waals surface area contributed by atoms with Gasteiger partial charge in [-0.1, -0.05) is 0 Å². The zero-order chi connectivity index (χ0) is 13.8. The Morgan fingerprint density at radius 3 is 2.84 bits per heavy atom. The van der Waals surface area contributed by atoms with E-state index >= 15 is 0 Å². The number of halogens is 2. The fourth-order valence-electron chi connectivity index (χ4n) is 1.46. The van der Waals surface area contributed by atoms with Crippen LogP contribution in [0.15, 0.2) is 46.0 Å². The number of benzene rings is 1. The van der Waals surface area contributed by atoms with Gasteiger partial charge in [0.05, 0.1) is 11.8 Å². The van der Waals surface area contributed by atoms with Crippen molar-refractivity contribution in [3.8, 4) is 0 Å². The van der Waals surface area contributed by atoms with Gasteiger partial charge in [-0.25, -0.2) is 9.18 Å². The van der Waals surface area contributed by atoms with E-state index in [1.165, 1.54) is 17.8 Å². The van der Waals surface area contributed by atoms with E-state index in [2.05, 4.69) is 20.9 Å². The second-order valence-electron chi connectivity index (χ2n) is 3.75. The molecule has 0 amide bonds. The molecule has 1 aromatic heterocycles. The van der Waals surface area contributed by atoms with Crippen molar-refractivity contribution >= 4 is 33.7 Å². The molecule has 0 fully saturated rings. The summed E-state index contributed by atoms with van der Waals surface area (Å²) in [6, 6.07) is 6.50. The number of aromatic nitrogens is 1. The van der Waals surface area contributed by atoms with Crippen LogP contribution in [-0.4, -0.2) is 16.1 Å². The first-order chi connectivity index (χ1) is 9.06. The molecule has 0 aliphatic heterocycles. The van der Waals surface area contributed by atoms with Crippen molar-refractivity contribution in [2.75, 3.05) is 0 Å². The van der Waals surface area contributed by atoms with Gasteiger partial charge >= 0.3 is 5.97 Å². The normalized spacial score (nSPS) is 10.4. The van der Waals surface area contributed by atoms with E-state index in [-0.39, 0.29) is 11.4 Å². The summed E-state index contributed by atoms with van der Waals surface area (Å²) >= 11 is 4.62. The Labute approximate surface area is 122 Å². The van der Waals surface area contributed by atoms with Crippen LogP contribution in [0.5, 0.6) is 0 Å². The van der Waals surface area contributed by atoms with Gasteiger partial charge in [-0.2, -0.15) is 0 Å². The Morgan fingerprint density at radius 2 is 2.16 bits per heavy atom. The van der Waals surface area contributed by atoms with Crippen LogP contribution in [0.1, 0.15) is 15.9 Å². The van der Waals surface area contributed by atoms with Crippen LogP contribution in [-0.2, 0) is 5.75 Å². The molecule has 0 bridgehead atoms. The summed E-state index contributed by atoms with van der Waals surface area (Å²) < 4.78 is 13.5. The average Bonchev–Trinajstić information content (AvgIpc) is 2.37. The van der Waals surface area contributed by atoms with Crippen molar-refractivity contribution < 1.29 is 14.3 Å². The summed E-state index contributed by atoms with van der Waals surface area (Å²) in [6.07, 6.45) is 2.74. The number of carbonyl (C=O) groups is 1. The second kappa shape index (κ2) is 6.16. The molecule has 0 radical (unpaired) electrons. The monoisotopic (exact) mass is 341 g/mol. The van der Waals surface area contributed by atoms with Gasteiger partial charge in [-0.15, -0.1) is 11.8 Å². The lowest BCUT2D eigenvalue weighted by molar-refractivity contribution is 0.0695. The lowest BCUT2D eigenvalue weighted by Crippen LogP contribution is -1.97. The zero-order valence-electron chi connectivity index (χ0n) is 9.64. The van der Waals surface area contributed by atoms with E-state index in [0.717, 1.165) is 16.7 Å². The largest absolute Gasteiger partial charge is 0.478 e. The van der Waals surface area contributed by atoms with Gasteiger partial charge < -0.3 is 5.11 Å². The third kappa shape index (κ3) is 3.78. The maximum absolute atomic E-state index is 13.0. The molecule has 0 atom stereocenters. The van der Waals surface area contributed by atoms with Gasteiger partial charge in [0.2, 0.25) is 0 Å². The molecule has 1 N–H and O–H groups in total. The third-order valence-corrected chi connectivity index (χ3v) is 4.09. The molecule has 3 nitrogen and oxygen atoms in total. The van der Waals surface area contributed by atoms with Crippen LogP contribution in [0.2, 0.25) is 0 Å². The predicted octanol–water partition coefficient (Wildman–Crippen LogP) is 3.97. The van der Waals surface area contributed by atoms with Crippen LogP contribution < -0.4 is 0 Å². The number of hydrogen-bond donors (Lipinski definition) is 1. The van der Waals surface area contributed by atoms with E-state index in [1.807, 2.05) is 6.07 Å². The molecule has 0 aliphatic carbocycles. The Kier molecular flexibility index (Phi) is 4.55. The number of pyridine rings is 1. The lowest BCUT2D eigenvalue weighted by atomic mass is 10.2. The fraction of sp³-hybridized carbons (Fsp3) is 0.0769. The molecule has 2 aromatic rings. The molecule has 98 valence electrons. The Hall–Kier alpha value is -1.40. The Balaban J connectivity index is 2.12. The van der Waals surface area contributed by atoms with E-state index in [0.29, 0.717) is 10.2 Å². The molecule has 0 saturated carbocycles. The number of hydrogen-bond acceptors (Lipinski definition) is 3. The highest BCUT2D eigenvalue weighted by atomic mass is 79.9. The van der Waals surface area contributed by atoms with Gasteiger partial charge in [0.25, 0.3) is 0 Å². The van der Waals surface area contributed by atoms with Crippen molar-refractivity contribution in [1.29, 1.82) is 0 Å². The van der Waals surface area contributed by atoms with Gasteiger partial charge in [0.1, 0.15) is 5.82 Å². The van der Waals surface area contributed by atoms with Gasteiger partial charge in [-0.3, -0.25) is 4.98 Å². The number of aromatic carboxylic acids is 1. The number of carboxylic acids is 1. The minimum absolute atomic E-state index is 0.211. The fourth-order valence-corrected chi connectivity index (χ4v) is 2.73. The second-order valence-corrected chi connectivity index (χ2v) is 5.65. The van der Waals surface area contributed by atoms with Crippen molar-refractivity contribution in [2.24, 2.45) is 0 Å². The molecule has 19 heavy (non-hydrogen) atoms. The lowest BCUT2D eigenvalue weighted by Gasteiger charge is -2.05. The first kappa shape index (κ1) is 14.0. The van der Waals surface area contributed by atoms with Gasteiger partial charge in [-0.05, 0) is 45.8 Å². The highest BCUT2D eigenvalue weighted by Gasteiger charge is 2.09. The highest BCUT2D eigenvalue weighted by molar-refractivity contribution is 9.10. The Bertz CT molecular complexity index is 621. The number of nitrogens with zero attached hydrogens (tertiary/aromatic N) is 1. The van der Waals surface area contributed by atoms with Crippen molar-refractivity contribution in [3.05, 3.63) is 58.1 Å². The summed E-state index contributed by atoms with van der Waals surface area (Å²) in [4.78, 5) is 15.6. The maximum atomic E-state index is 13.0. The quantitative estimate of drug-likeness (QED) is 0.854. The Morgan fingerprint density at radius 1 is 1.37 bits per heavy atom. The minimum atomic E-state index is -0.984. The molecule has 0 spiro atoms. The number of carboxylic acid groups (broad SMARTS) is 1. The number of rotatable bonds is 4. The summed E-state index contributed by atoms with van der Waals surface area (Å²) in [5.41, 5.74) is 0.965. The molecular formula is C13H9BrFNO2S. The topological polar surface area (TPSA) is 50.2 Å². The predicted molar refractivity (Wildman–Crippen MR) is 74.9 cm³/mol. The number of thioether (sulfide) groups is 1. The van der Waals surface area contributed by atoms with Crippen molar-refractivity contribution in [1.82, 2.24) is 4.98 Å². The van der Waals surface area contributed by atoms with Crippen molar-refractivity contribution in [3.63, 3.8) is 0 Å². The minimum Gasteiger partial charge on any atom is -0.478 e. The zero-order valence-corrected chi connectivity index (χ0v) is 12.0. The van der Waals surface area contributed by atoms with Crippen LogP contribution in [0.4, 0.5) is 4.39 Å². The van der Waals surface area contributed by atoms with Crippen molar-refractivity contribution in [2.45, 2.75) is 10.6 Å². The van der Waals surface area contributed by atoms with E-state index in [1.54, 1.807) is 18.3 Å². The molecule has 1 heterocycles. The SMILES string of the molecule is O=C(O)c1cc(SCc2cncc(F)c2)ccc1Br. The summed E-state index contributed by atoms with van der Waals surface area (Å²) in [5.74, 6) is -0.826. The van der Waals surface area contributed by atoms with E-state index in [4.69, 9.17) is 5.11 Å². The molecule has 0 saturated heterocycles. The summed E-state index contributed by atoms with van der Waals surface area (Å²) in [5, 5.41) is 9.01. The summed E-state index contributed by atoms with van der Waals surface area (Å²) in [7, 11) is 0. The standard InChI is InChI=1S/C13H9BrFNO2S/c14-12-2-1-10(4-11(12)13(17)18)19-7-8-3-9(15)6-16-5-8/h1-6H,7H2,(H,17,18). The molecule has 1 aromatic carbocycles. The van der Waals surface area contributed by atoms with Crippen LogP contribution in [0.25, 0.3) is 0 Å². The highest BCUT2D eigenvalue weighted by Crippen LogP contribution is 2.27. The maximum Gasteiger partial charge on any atom is 0.336 e. The molecule has 0 unspecified atom stereocenters. The average molecular weight is 342 g/mol. The van der Waals surface area contributed by atoms with E-state index in [9.17, 15) is 9.18 Å². The van der Waals surface area contributed by atoms with Crippen LogP contribution in [0, 0.1) is 5.82 Å². The van der Waals surface area contributed by atoms with Crippen LogP contribution >= 0.6 is 27.7 Å². The molecule has 2 rings (SSSR count). The molecular weight excluding hydrogens is 333 g/mol. The van der Waals surface area contributed by atoms with Crippen LogP contribution in [0.3, 0.4) is 0 Å². The molecule has 6 heteroatoms. The molecule has 0 aliphatic rings. The van der Waals surface area contributed by atoms with Gasteiger partial charge in [0.15, 0.2) is 0 Å². The third-order valence-electron chi connectivity index (χ3n) is 2.34. The first-order valence-corrected chi connectivity index (χ1v) is 7.09. The summed E-state index contributed by atoms with van der Waals surface area (Å²) in [6.45, 7) is 0. The smallest absolute Gasteiger partial charge is 0.336 e. The first-order valence-electron chi connectivity index (χ1n) is 5.31. The van der Waals surface area contributed by atoms with Gasteiger partial charge in [0, 0.05) is 21.3 Å².